The lowest BCUT2D eigenvalue weighted by atomic mass is 10.1. The van der Waals surface area contributed by atoms with E-state index >= 15 is 0 Å². The third-order valence-corrected chi connectivity index (χ3v) is 6.62. The standard InChI is InChI=1S/C29H29N3O5S/c1-18-10-19(2)12-22(11-18)32-28(34)26(13-20-6-8-23(35-3)9-7-20)31-29(32)38-17-27(33)30-21-14-24(36-4)16-25(15-21)37-5/h6-16H,17H2,1-5H3,(H,30,33)/b26-13-. The van der Waals surface area contributed by atoms with Gasteiger partial charge in [-0.25, -0.2) is 4.99 Å². The molecular weight excluding hydrogens is 502 g/mol. The van der Waals surface area contributed by atoms with Crippen molar-refractivity contribution in [3.8, 4) is 17.2 Å². The van der Waals surface area contributed by atoms with Gasteiger partial charge in [-0.1, -0.05) is 30.0 Å². The van der Waals surface area contributed by atoms with Crippen LogP contribution in [0.15, 0.2) is 71.4 Å². The molecule has 1 heterocycles. The number of thioether (sulfide) groups is 1. The van der Waals surface area contributed by atoms with Gasteiger partial charge in [0.05, 0.1) is 32.8 Å². The van der Waals surface area contributed by atoms with Crippen LogP contribution in [0.25, 0.3) is 6.08 Å². The molecule has 0 saturated carbocycles. The molecule has 3 aromatic rings. The van der Waals surface area contributed by atoms with Crippen LogP contribution in [0, 0.1) is 13.8 Å². The first-order valence-electron chi connectivity index (χ1n) is 11.8. The third-order valence-electron chi connectivity index (χ3n) is 5.68. The highest BCUT2D eigenvalue weighted by Crippen LogP contribution is 2.31. The molecule has 0 aliphatic carbocycles. The normalized spacial score (nSPS) is 13.9. The Hall–Kier alpha value is -4.24. The van der Waals surface area contributed by atoms with Crippen molar-refractivity contribution in [1.82, 2.24) is 0 Å². The zero-order chi connectivity index (χ0) is 27.2. The van der Waals surface area contributed by atoms with Crippen LogP contribution in [0.3, 0.4) is 0 Å². The molecule has 2 amide bonds. The number of hydrogen-bond donors (Lipinski definition) is 1. The van der Waals surface area contributed by atoms with Crippen LogP contribution >= 0.6 is 11.8 Å². The van der Waals surface area contributed by atoms with Crippen LogP contribution < -0.4 is 24.4 Å². The lowest BCUT2D eigenvalue weighted by Gasteiger charge is -2.19. The van der Waals surface area contributed by atoms with Gasteiger partial charge >= 0.3 is 0 Å². The minimum absolute atomic E-state index is 0.0444. The Morgan fingerprint density at radius 2 is 1.50 bits per heavy atom. The highest BCUT2D eigenvalue weighted by atomic mass is 32.2. The van der Waals surface area contributed by atoms with E-state index in [1.807, 2.05) is 56.3 Å². The maximum absolute atomic E-state index is 13.5. The average molecular weight is 532 g/mol. The summed E-state index contributed by atoms with van der Waals surface area (Å²) < 4.78 is 15.8. The molecule has 0 spiro atoms. The summed E-state index contributed by atoms with van der Waals surface area (Å²) in [5.41, 5.74) is 4.39. The number of aryl methyl sites for hydroxylation is 2. The van der Waals surface area contributed by atoms with Gasteiger partial charge in [0.15, 0.2) is 5.17 Å². The Morgan fingerprint density at radius 3 is 2.08 bits per heavy atom. The number of carbonyl (C=O) groups is 2. The predicted molar refractivity (Wildman–Crippen MR) is 152 cm³/mol. The second kappa shape index (κ2) is 11.9. The number of anilines is 2. The van der Waals surface area contributed by atoms with E-state index in [1.165, 1.54) is 11.8 Å². The molecule has 0 aromatic heterocycles. The minimum atomic E-state index is -0.258. The molecule has 0 atom stereocenters. The number of nitrogens with zero attached hydrogens (tertiary/aromatic N) is 2. The largest absolute Gasteiger partial charge is 0.497 e. The van der Waals surface area contributed by atoms with Crippen molar-refractivity contribution in [2.45, 2.75) is 13.8 Å². The summed E-state index contributed by atoms with van der Waals surface area (Å²) in [6, 6.07) is 18.4. The van der Waals surface area contributed by atoms with Crippen LogP contribution in [-0.4, -0.2) is 44.1 Å². The van der Waals surface area contributed by atoms with Crippen LogP contribution in [0.2, 0.25) is 0 Å². The van der Waals surface area contributed by atoms with Crippen LogP contribution in [0.5, 0.6) is 17.2 Å². The van der Waals surface area contributed by atoms with E-state index in [0.29, 0.717) is 28.0 Å². The number of amidine groups is 1. The molecule has 4 rings (SSSR count). The van der Waals surface area contributed by atoms with Gasteiger partial charge in [-0.05, 0) is 60.9 Å². The number of amides is 2. The number of benzene rings is 3. The molecular formula is C29H29N3O5S. The van der Waals surface area contributed by atoms with Gasteiger partial charge in [0.25, 0.3) is 5.91 Å². The number of rotatable bonds is 8. The Balaban J connectivity index is 1.58. The second-order valence-corrected chi connectivity index (χ2v) is 9.56. The predicted octanol–water partition coefficient (Wildman–Crippen LogP) is 5.44. The van der Waals surface area contributed by atoms with Crippen LogP contribution in [0.1, 0.15) is 16.7 Å². The van der Waals surface area contributed by atoms with Gasteiger partial charge < -0.3 is 19.5 Å². The van der Waals surface area contributed by atoms with Gasteiger partial charge in [0.1, 0.15) is 22.9 Å². The summed E-state index contributed by atoms with van der Waals surface area (Å²) in [6.07, 6.45) is 1.73. The second-order valence-electron chi connectivity index (χ2n) is 8.62. The summed E-state index contributed by atoms with van der Waals surface area (Å²) in [5.74, 6) is 1.38. The third kappa shape index (κ3) is 6.36. The molecule has 3 aromatic carbocycles. The molecule has 9 heteroatoms. The van der Waals surface area contributed by atoms with Gasteiger partial charge in [0, 0.05) is 23.9 Å². The first-order chi connectivity index (χ1) is 18.3. The number of methoxy groups -OCH3 is 3. The van der Waals surface area contributed by atoms with Crippen molar-refractivity contribution in [2.24, 2.45) is 4.99 Å². The van der Waals surface area contributed by atoms with E-state index < -0.39 is 0 Å². The van der Waals surface area contributed by atoms with Gasteiger partial charge in [-0.15, -0.1) is 0 Å². The molecule has 1 aliphatic heterocycles. The highest BCUT2D eigenvalue weighted by molar-refractivity contribution is 8.14. The highest BCUT2D eigenvalue weighted by Gasteiger charge is 2.32. The van der Waals surface area contributed by atoms with E-state index in [4.69, 9.17) is 14.2 Å². The lowest BCUT2D eigenvalue weighted by molar-refractivity contribution is -0.114. The lowest BCUT2D eigenvalue weighted by Crippen LogP contribution is -2.31. The van der Waals surface area contributed by atoms with Gasteiger partial charge in [-0.2, -0.15) is 0 Å². The van der Waals surface area contributed by atoms with E-state index in [-0.39, 0.29) is 23.3 Å². The fourth-order valence-corrected chi connectivity index (χ4v) is 4.78. The molecule has 196 valence electrons. The summed E-state index contributed by atoms with van der Waals surface area (Å²) in [6.45, 7) is 3.95. The fraction of sp³-hybridized carbons (Fsp3) is 0.207. The molecule has 0 saturated heterocycles. The Labute approximate surface area is 226 Å². The van der Waals surface area contributed by atoms with E-state index in [0.717, 1.165) is 22.4 Å². The van der Waals surface area contributed by atoms with Gasteiger partial charge in [-0.3, -0.25) is 14.5 Å². The van der Waals surface area contributed by atoms with Crippen molar-refractivity contribution in [3.63, 3.8) is 0 Å². The summed E-state index contributed by atoms with van der Waals surface area (Å²) >= 11 is 1.19. The molecule has 0 bridgehead atoms. The fourth-order valence-electron chi connectivity index (χ4n) is 3.97. The van der Waals surface area contributed by atoms with Crippen molar-refractivity contribution in [3.05, 3.63) is 83.1 Å². The zero-order valence-electron chi connectivity index (χ0n) is 21.9. The topological polar surface area (TPSA) is 89.5 Å². The molecule has 0 unspecified atom stereocenters. The van der Waals surface area contributed by atoms with Crippen molar-refractivity contribution in [2.75, 3.05) is 37.3 Å². The number of hydrogen-bond acceptors (Lipinski definition) is 7. The van der Waals surface area contributed by atoms with E-state index in [2.05, 4.69) is 10.3 Å². The van der Waals surface area contributed by atoms with Crippen molar-refractivity contribution < 1.29 is 23.8 Å². The summed E-state index contributed by atoms with van der Waals surface area (Å²) in [7, 11) is 4.69. The van der Waals surface area contributed by atoms with E-state index in [1.54, 1.807) is 50.5 Å². The number of aliphatic imine (C=N–C) groups is 1. The maximum Gasteiger partial charge on any atom is 0.283 e. The first kappa shape index (κ1) is 26.8. The molecule has 0 fully saturated rings. The Morgan fingerprint density at radius 1 is 0.895 bits per heavy atom. The van der Waals surface area contributed by atoms with Crippen LogP contribution in [0.4, 0.5) is 11.4 Å². The SMILES string of the molecule is COc1ccc(/C=C2\N=C(SCC(=O)Nc3cc(OC)cc(OC)c3)N(c3cc(C)cc(C)c3)C2=O)cc1. The monoisotopic (exact) mass is 531 g/mol. The summed E-state index contributed by atoms with van der Waals surface area (Å²) in [4.78, 5) is 32.5. The summed E-state index contributed by atoms with van der Waals surface area (Å²) in [5, 5.41) is 3.29. The van der Waals surface area contributed by atoms with Crippen LogP contribution in [-0.2, 0) is 9.59 Å². The van der Waals surface area contributed by atoms with Gasteiger partial charge in [0.2, 0.25) is 5.91 Å². The molecule has 38 heavy (non-hydrogen) atoms. The molecule has 1 N–H and O–H groups in total. The minimum Gasteiger partial charge on any atom is -0.497 e. The van der Waals surface area contributed by atoms with Crippen molar-refractivity contribution in [1.29, 1.82) is 0 Å². The molecule has 1 aliphatic rings. The maximum atomic E-state index is 13.5. The smallest absolute Gasteiger partial charge is 0.283 e. The van der Waals surface area contributed by atoms with E-state index in [9.17, 15) is 9.59 Å². The number of ether oxygens (including phenoxy) is 3. The molecule has 8 nitrogen and oxygen atoms in total. The number of carbonyl (C=O) groups excluding carboxylic acids is 2. The zero-order valence-corrected chi connectivity index (χ0v) is 22.7. The quantitative estimate of drug-likeness (QED) is 0.389. The Kier molecular flexibility index (Phi) is 8.38. The number of nitrogens with one attached hydrogen (secondary N) is 1. The first-order valence-corrected chi connectivity index (χ1v) is 12.8. The van der Waals surface area contributed by atoms with Crippen molar-refractivity contribution >= 4 is 46.2 Å². The Bertz CT molecular complexity index is 1370. The molecule has 0 radical (unpaired) electrons. The average Bonchev–Trinajstić information content (AvgIpc) is 3.21.